The molecule has 3 N–H and O–H groups in total. The van der Waals surface area contributed by atoms with Crippen molar-refractivity contribution in [2.75, 3.05) is 5.32 Å². The van der Waals surface area contributed by atoms with Crippen molar-refractivity contribution >= 4 is 58.1 Å². The highest BCUT2D eigenvalue weighted by Crippen LogP contribution is 2.25. The molecule has 0 radical (unpaired) electrons. The van der Waals surface area contributed by atoms with E-state index in [9.17, 15) is 0 Å². The number of benzene rings is 1. The second-order valence-corrected chi connectivity index (χ2v) is 5.46. The van der Waals surface area contributed by atoms with Gasteiger partial charge in [0.2, 0.25) is 0 Å². The van der Waals surface area contributed by atoms with E-state index in [1.54, 1.807) is 0 Å². The maximum absolute atomic E-state index is 5.03. The van der Waals surface area contributed by atoms with Crippen LogP contribution in [0, 0.1) is 4.64 Å². The molecule has 0 amide bonds. The third-order valence-electron chi connectivity index (χ3n) is 2.39. The van der Waals surface area contributed by atoms with E-state index in [-0.39, 0.29) is 0 Å². The molecule has 0 spiro atoms. The minimum Gasteiger partial charge on any atom is -0.341 e. The number of hydrogen-bond donors (Lipinski definition) is 4. The number of anilines is 2. The number of hydrogen-bond acceptors (Lipinski definition) is 4. The fourth-order valence-corrected chi connectivity index (χ4v) is 2.79. The number of fused-ring (bicyclic) bond motifs is 1. The maximum atomic E-state index is 5.03. The molecule has 0 bridgehead atoms. The van der Waals surface area contributed by atoms with Crippen molar-refractivity contribution in [1.29, 1.82) is 0 Å². The molecule has 0 unspecified atom stereocenters. The Kier molecular flexibility index (Phi) is 2.70. The molecule has 3 nitrogen and oxygen atoms in total. The van der Waals surface area contributed by atoms with Gasteiger partial charge in [-0.15, -0.1) is 12.6 Å². The number of thiol groups is 1. The lowest BCUT2D eigenvalue weighted by molar-refractivity contribution is 1.41. The average molecular weight is 279 g/mol. The van der Waals surface area contributed by atoms with E-state index in [1.807, 2.05) is 24.3 Å². The summed E-state index contributed by atoms with van der Waals surface area (Å²) < 4.78 is 3.74. The second kappa shape index (κ2) is 4.21. The Hall–Kier alpha value is -1.24. The molecule has 0 fully saturated rings. The van der Waals surface area contributed by atoms with Gasteiger partial charge in [0.15, 0.2) is 0 Å². The lowest BCUT2D eigenvalue weighted by Gasteiger charge is -1.96. The molecule has 0 saturated carbocycles. The average Bonchev–Trinajstić information content (AvgIpc) is 2.84. The van der Waals surface area contributed by atoms with Crippen LogP contribution in [0.1, 0.15) is 0 Å². The van der Waals surface area contributed by atoms with Crippen LogP contribution in [0.4, 0.5) is 10.8 Å². The van der Waals surface area contributed by atoms with E-state index < -0.39 is 0 Å². The summed E-state index contributed by atoms with van der Waals surface area (Å²) in [4.78, 5) is 4.24. The van der Waals surface area contributed by atoms with E-state index in [1.165, 1.54) is 11.5 Å². The van der Waals surface area contributed by atoms with E-state index in [4.69, 9.17) is 12.2 Å². The summed E-state index contributed by atoms with van der Waals surface area (Å²) in [5.41, 5.74) is 1.07. The summed E-state index contributed by atoms with van der Waals surface area (Å²) in [6, 6.07) is 9.98. The molecule has 2 heterocycles. The van der Waals surface area contributed by atoms with E-state index in [2.05, 4.69) is 33.4 Å². The fourth-order valence-electron chi connectivity index (χ4n) is 1.66. The first kappa shape index (κ1) is 10.9. The van der Waals surface area contributed by atoms with E-state index >= 15 is 0 Å². The topological polar surface area (TPSA) is 43.6 Å². The Morgan fingerprint density at radius 1 is 1.24 bits per heavy atom. The van der Waals surface area contributed by atoms with Gasteiger partial charge in [-0.3, -0.25) is 0 Å². The van der Waals surface area contributed by atoms with Crippen LogP contribution in [-0.4, -0.2) is 9.36 Å². The zero-order valence-electron chi connectivity index (χ0n) is 8.65. The molecule has 3 rings (SSSR count). The Balaban J connectivity index is 1.98. The van der Waals surface area contributed by atoms with Crippen molar-refractivity contribution in [2.45, 2.75) is 4.90 Å². The third-order valence-corrected chi connectivity index (χ3v) is 3.78. The summed E-state index contributed by atoms with van der Waals surface area (Å²) in [5, 5.41) is 5.42. The van der Waals surface area contributed by atoms with Crippen molar-refractivity contribution in [3.63, 3.8) is 0 Å². The molecule has 0 aliphatic heterocycles. The number of nitrogens with one attached hydrogen (secondary N) is 3. The van der Waals surface area contributed by atoms with Gasteiger partial charge in [0.05, 0.1) is 0 Å². The largest absolute Gasteiger partial charge is 0.341 e. The van der Waals surface area contributed by atoms with Crippen LogP contribution >= 0.6 is 36.4 Å². The molecule has 0 aliphatic carbocycles. The van der Waals surface area contributed by atoms with E-state index in [0.717, 1.165) is 31.3 Å². The molecule has 0 saturated heterocycles. The predicted octanol–water partition coefficient (Wildman–Crippen LogP) is 4.32. The first-order valence-corrected chi connectivity index (χ1v) is 6.65. The van der Waals surface area contributed by atoms with Crippen LogP contribution in [0.3, 0.4) is 0 Å². The smallest absolute Gasteiger partial charge is 0.115 e. The molecule has 6 heteroatoms. The Labute approximate surface area is 112 Å². The summed E-state index contributed by atoms with van der Waals surface area (Å²) in [7, 11) is 0. The zero-order valence-corrected chi connectivity index (χ0v) is 11.2. The molecule has 3 aromatic rings. The Bertz CT molecular complexity index is 723. The molecule has 86 valence electrons. The summed E-state index contributed by atoms with van der Waals surface area (Å²) in [6.07, 6.45) is 0. The van der Waals surface area contributed by atoms with Crippen LogP contribution in [0.5, 0.6) is 0 Å². The zero-order chi connectivity index (χ0) is 11.8. The van der Waals surface area contributed by atoms with E-state index in [0.29, 0.717) is 0 Å². The van der Waals surface area contributed by atoms with Crippen molar-refractivity contribution in [1.82, 2.24) is 9.36 Å². The normalized spacial score (nSPS) is 10.9. The van der Waals surface area contributed by atoms with Crippen molar-refractivity contribution < 1.29 is 0 Å². The summed E-state index contributed by atoms with van der Waals surface area (Å²) in [6.45, 7) is 0. The lowest BCUT2D eigenvalue weighted by atomic mass is 10.2. The number of rotatable bonds is 2. The van der Waals surface area contributed by atoms with Gasteiger partial charge in [-0.1, -0.05) is 18.3 Å². The number of H-pyrrole nitrogens is 2. The second-order valence-electron chi connectivity index (χ2n) is 3.66. The SMILES string of the molecule is S=c1cc(Nc2cc3ccc(S)cc3[nH]2)s[nH]1. The minimum atomic E-state index is 0.742. The lowest BCUT2D eigenvalue weighted by Crippen LogP contribution is -1.85. The fraction of sp³-hybridized carbons (Fsp3) is 0. The molecule has 2 aromatic heterocycles. The number of aromatic amines is 2. The van der Waals surface area contributed by atoms with Crippen LogP contribution in [0.25, 0.3) is 10.9 Å². The van der Waals surface area contributed by atoms with Crippen LogP contribution < -0.4 is 5.32 Å². The first-order chi connectivity index (χ1) is 8.20. The summed E-state index contributed by atoms with van der Waals surface area (Å²) in [5.74, 6) is 0.948. The van der Waals surface area contributed by atoms with Crippen molar-refractivity contribution in [2.24, 2.45) is 0 Å². The Morgan fingerprint density at radius 2 is 2.12 bits per heavy atom. The minimum absolute atomic E-state index is 0.742. The van der Waals surface area contributed by atoms with Gasteiger partial charge in [-0.05, 0) is 29.7 Å². The van der Waals surface area contributed by atoms with Gasteiger partial charge in [-0.2, -0.15) is 0 Å². The molecule has 1 aromatic carbocycles. The predicted molar refractivity (Wildman–Crippen MR) is 78.3 cm³/mol. The van der Waals surface area contributed by atoms with Crippen molar-refractivity contribution in [3.8, 4) is 0 Å². The third kappa shape index (κ3) is 2.24. The van der Waals surface area contributed by atoms with Gasteiger partial charge >= 0.3 is 0 Å². The molecule has 0 aliphatic rings. The highest BCUT2D eigenvalue weighted by atomic mass is 32.1. The molecule has 17 heavy (non-hydrogen) atoms. The van der Waals surface area contributed by atoms with Gasteiger partial charge in [0.25, 0.3) is 0 Å². The van der Waals surface area contributed by atoms with Crippen molar-refractivity contribution in [3.05, 3.63) is 35.0 Å². The monoisotopic (exact) mass is 279 g/mol. The summed E-state index contributed by atoms with van der Waals surface area (Å²) >= 11 is 10.8. The maximum Gasteiger partial charge on any atom is 0.115 e. The van der Waals surface area contributed by atoms with Gasteiger partial charge in [0.1, 0.15) is 15.5 Å². The quantitative estimate of drug-likeness (QED) is 0.417. The molecular weight excluding hydrogens is 270 g/mol. The highest BCUT2D eigenvalue weighted by Gasteiger charge is 2.02. The van der Waals surface area contributed by atoms with Crippen LogP contribution in [-0.2, 0) is 0 Å². The Morgan fingerprint density at radius 3 is 2.88 bits per heavy atom. The van der Waals surface area contributed by atoms with Gasteiger partial charge in [0, 0.05) is 21.9 Å². The molecular formula is C11H9N3S3. The van der Waals surface area contributed by atoms with Gasteiger partial charge < -0.3 is 14.7 Å². The number of aromatic nitrogens is 2. The molecule has 0 atom stereocenters. The van der Waals surface area contributed by atoms with Crippen LogP contribution in [0.2, 0.25) is 0 Å². The van der Waals surface area contributed by atoms with Crippen LogP contribution in [0.15, 0.2) is 35.2 Å². The standard InChI is InChI=1S/C11H9N3S3/c15-7-2-1-6-3-9(12-8(6)4-7)13-11-5-10(16)14-17-11/h1-5,12-13,15H,(H,14,16). The first-order valence-electron chi connectivity index (χ1n) is 4.98. The van der Waals surface area contributed by atoms with Gasteiger partial charge in [-0.25, -0.2) is 0 Å². The highest BCUT2D eigenvalue weighted by molar-refractivity contribution is 7.80.